The fraction of sp³-hybridized carbons (Fsp3) is 0.357. The number of anilines is 1. The summed E-state index contributed by atoms with van der Waals surface area (Å²) < 4.78 is 2.14. The van der Waals surface area contributed by atoms with E-state index in [1.807, 2.05) is 19.4 Å². The van der Waals surface area contributed by atoms with E-state index in [0.717, 1.165) is 5.95 Å². The second-order valence-electron chi connectivity index (χ2n) is 4.49. The molecule has 1 aromatic heterocycles. The molecule has 0 atom stereocenters. The number of nitrogens with zero attached hydrogens (tertiary/aromatic N) is 2. The average Bonchev–Trinajstić information content (AvgIpc) is 2.86. The lowest BCUT2D eigenvalue weighted by molar-refractivity contribution is 0.681. The highest BCUT2D eigenvalue weighted by Gasteiger charge is 2.15. The summed E-state index contributed by atoms with van der Waals surface area (Å²) in [6.45, 7) is 0. The Morgan fingerprint density at radius 3 is 3.00 bits per heavy atom. The van der Waals surface area contributed by atoms with E-state index in [0.29, 0.717) is 0 Å². The summed E-state index contributed by atoms with van der Waals surface area (Å²) in [6, 6.07) is 6.60. The molecule has 0 saturated carbocycles. The number of benzene rings is 1. The second-order valence-corrected chi connectivity index (χ2v) is 4.49. The Labute approximate surface area is 101 Å². The molecule has 1 aliphatic rings. The fourth-order valence-corrected chi connectivity index (χ4v) is 2.67. The minimum absolute atomic E-state index is 0.906. The van der Waals surface area contributed by atoms with Gasteiger partial charge in [-0.25, -0.2) is 4.98 Å². The highest BCUT2D eigenvalue weighted by Crippen LogP contribution is 2.28. The lowest BCUT2D eigenvalue weighted by Crippen LogP contribution is -2.09. The van der Waals surface area contributed by atoms with Crippen LogP contribution >= 0.6 is 0 Å². The van der Waals surface area contributed by atoms with Gasteiger partial charge in [0.05, 0.1) is 5.69 Å². The molecule has 3 nitrogen and oxygen atoms in total. The van der Waals surface area contributed by atoms with Crippen molar-refractivity contribution in [3.05, 3.63) is 41.7 Å². The van der Waals surface area contributed by atoms with E-state index < -0.39 is 0 Å². The van der Waals surface area contributed by atoms with E-state index in [2.05, 4.69) is 33.1 Å². The molecule has 88 valence electrons. The highest BCUT2D eigenvalue weighted by molar-refractivity contribution is 5.51. The Bertz CT molecular complexity index is 528. The van der Waals surface area contributed by atoms with E-state index in [4.69, 9.17) is 0 Å². The molecule has 0 spiro atoms. The predicted octanol–water partition coefficient (Wildman–Crippen LogP) is 2.79. The third-order valence-corrected chi connectivity index (χ3v) is 3.50. The molecule has 1 heterocycles. The van der Waals surface area contributed by atoms with Crippen LogP contribution in [0, 0.1) is 0 Å². The molecule has 0 amide bonds. The summed E-state index contributed by atoms with van der Waals surface area (Å²) in [5.41, 5.74) is 4.28. The minimum atomic E-state index is 0.906. The first-order chi connectivity index (χ1) is 8.40. The zero-order valence-corrected chi connectivity index (χ0v) is 10.1. The van der Waals surface area contributed by atoms with Crippen molar-refractivity contribution in [1.82, 2.24) is 9.55 Å². The van der Waals surface area contributed by atoms with Crippen LogP contribution in [0.1, 0.15) is 24.0 Å². The van der Waals surface area contributed by atoms with Gasteiger partial charge in [0.2, 0.25) is 5.95 Å². The number of aryl methyl sites for hydroxylation is 1. The van der Waals surface area contributed by atoms with E-state index in [1.165, 1.54) is 42.5 Å². The molecular formula is C14H17N3. The number of aromatic nitrogens is 2. The molecule has 0 unspecified atom stereocenters. The molecule has 3 rings (SSSR count). The Hall–Kier alpha value is -1.77. The molecule has 17 heavy (non-hydrogen) atoms. The van der Waals surface area contributed by atoms with Gasteiger partial charge in [0, 0.05) is 19.4 Å². The maximum Gasteiger partial charge on any atom is 0.207 e. The van der Waals surface area contributed by atoms with Gasteiger partial charge in [0.15, 0.2) is 0 Å². The van der Waals surface area contributed by atoms with Crippen LogP contribution in [-0.2, 0) is 12.8 Å². The van der Waals surface area contributed by atoms with Crippen LogP contribution in [0.5, 0.6) is 0 Å². The van der Waals surface area contributed by atoms with Crippen LogP contribution < -0.4 is 5.32 Å². The van der Waals surface area contributed by atoms with Crippen LogP contribution in [0.3, 0.4) is 0 Å². The van der Waals surface area contributed by atoms with Crippen LogP contribution in [-0.4, -0.2) is 16.6 Å². The summed E-state index contributed by atoms with van der Waals surface area (Å²) >= 11 is 0. The summed E-state index contributed by atoms with van der Waals surface area (Å²) in [6.07, 6.45) is 8.89. The molecule has 0 fully saturated rings. The van der Waals surface area contributed by atoms with E-state index in [9.17, 15) is 0 Å². The quantitative estimate of drug-likeness (QED) is 0.855. The molecule has 0 aliphatic heterocycles. The van der Waals surface area contributed by atoms with Gasteiger partial charge in [-0.15, -0.1) is 0 Å². The predicted molar refractivity (Wildman–Crippen MR) is 69.8 cm³/mol. The van der Waals surface area contributed by atoms with Crippen LogP contribution in [0.4, 0.5) is 5.95 Å². The highest BCUT2D eigenvalue weighted by atomic mass is 15.2. The summed E-state index contributed by atoms with van der Waals surface area (Å²) in [7, 11) is 1.91. The number of nitrogens with one attached hydrogen (secondary N) is 1. The van der Waals surface area contributed by atoms with E-state index >= 15 is 0 Å². The second kappa shape index (κ2) is 4.24. The van der Waals surface area contributed by atoms with Gasteiger partial charge < -0.3 is 5.32 Å². The van der Waals surface area contributed by atoms with Crippen molar-refractivity contribution < 1.29 is 0 Å². The lowest BCUT2D eigenvalue weighted by atomic mass is 9.90. The van der Waals surface area contributed by atoms with Gasteiger partial charge in [-0.3, -0.25) is 4.57 Å². The average molecular weight is 227 g/mol. The van der Waals surface area contributed by atoms with Crippen molar-refractivity contribution >= 4 is 5.95 Å². The molecule has 1 aromatic carbocycles. The van der Waals surface area contributed by atoms with Gasteiger partial charge >= 0.3 is 0 Å². The fourth-order valence-electron chi connectivity index (χ4n) is 2.67. The van der Waals surface area contributed by atoms with Gasteiger partial charge in [-0.2, -0.15) is 0 Å². The monoisotopic (exact) mass is 227 g/mol. The third kappa shape index (κ3) is 1.71. The number of rotatable bonds is 2. The SMILES string of the molecule is CNc1nccn1-c1cccc2c1CCCC2. The number of hydrogen-bond acceptors (Lipinski definition) is 2. The molecule has 0 saturated heterocycles. The van der Waals surface area contributed by atoms with Crippen molar-refractivity contribution in [2.45, 2.75) is 25.7 Å². The normalized spacial score (nSPS) is 14.4. The van der Waals surface area contributed by atoms with Crippen molar-refractivity contribution in [1.29, 1.82) is 0 Å². The van der Waals surface area contributed by atoms with Crippen molar-refractivity contribution in [2.24, 2.45) is 0 Å². The first-order valence-corrected chi connectivity index (χ1v) is 6.22. The molecule has 3 heteroatoms. The maximum absolute atomic E-state index is 4.31. The lowest BCUT2D eigenvalue weighted by Gasteiger charge is -2.20. The summed E-state index contributed by atoms with van der Waals surface area (Å²) in [4.78, 5) is 4.31. The first-order valence-electron chi connectivity index (χ1n) is 6.22. The summed E-state index contributed by atoms with van der Waals surface area (Å²) in [5, 5.41) is 3.13. The van der Waals surface area contributed by atoms with E-state index in [-0.39, 0.29) is 0 Å². The Kier molecular flexibility index (Phi) is 2.59. The molecule has 0 radical (unpaired) electrons. The van der Waals surface area contributed by atoms with Gasteiger partial charge in [0.25, 0.3) is 0 Å². The largest absolute Gasteiger partial charge is 0.358 e. The van der Waals surface area contributed by atoms with Crippen molar-refractivity contribution in [3.63, 3.8) is 0 Å². The Balaban J connectivity index is 2.14. The molecular weight excluding hydrogens is 210 g/mol. The molecule has 0 bridgehead atoms. The Morgan fingerprint density at radius 2 is 2.12 bits per heavy atom. The maximum atomic E-state index is 4.31. The zero-order chi connectivity index (χ0) is 11.7. The summed E-state index contributed by atoms with van der Waals surface area (Å²) in [5.74, 6) is 0.906. The van der Waals surface area contributed by atoms with E-state index in [1.54, 1.807) is 0 Å². The zero-order valence-electron chi connectivity index (χ0n) is 10.1. The van der Waals surface area contributed by atoms with Gasteiger partial charge in [-0.1, -0.05) is 12.1 Å². The standard InChI is InChI=1S/C14H17N3/c1-15-14-16-9-10-17(14)13-8-4-6-11-5-2-3-7-12(11)13/h4,6,8-10H,2-3,5,7H2,1H3,(H,15,16). The topological polar surface area (TPSA) is 29.9 Å². The number of fused-ring (bicyclic) bond motifs is 1. The van der Waals surface area contributed by atoms with Crippen LogP contribution in [0.2, 0.25) is 0 Å². The molecule has 2 aromatic rings. The Morgan fingerprint density at radius 1 is 1.24 bits per heavy atom. The van der Waals surface area contributed by atoms with Crippen LogP contribution in [0.25, 0.3) is 5.69 Å². The first kappa shape index (κ1) is 10.4. The third-order valence-electron chi connectivity index (χ3n) is 3.50. The number of hydrogen-bond donors (Lipinski definition) is 1. The van der Waals surface area contributed by atoms with Crippen molar-refractivity contribution in [2.75, 3.05) is 12.4 Å². The van der Waals surface area contributed by atoms with Crippen molar-refractivity contribution in [3.8, 4) is 5.69 Å². The van der Waals surface area contributed by atoms with Crippen LogP contribution in [0.15, 0.2) is 30.6 Å². The minimum Gasteiger partial charge on any atom is -0.358 e. The molecule has 1 N–H and O–H groups in total. The molecule has 1 aliphatic carbocycles. The van der Waals surface area contributed by atoms with Gasteiger partial charge in [-0.05, 0) is 42.9 Å². The van der Waals surface area contributed by atoms with Gasteiger partial charge in [0.1, 0.15) is 0 Å². The number of imidazole rings is 1. The smallest absolute Gasteiger partial charge is 0.207 e.